The number of fused-ring (bicyclic) bond motifs is 1. The van der Waals surface area contributed by atoms with Crippen LogP contribution >= 0.6 is 11.6 Å². The summed E-state index contributed by atoms with van der Waals surface area (Å²) in [6, 6.07) is 4.54. The number of hydrogen-bond donors (Lipinski definition) is 2. The first-order chi connectivity index (χ1) is 10.0. The number of nitrogens with zero attached hydrogens (tertiary/aromatic N) is 2. The molecule has 2 aliphatic rings. The van der Waals surface area contributed by atoms with E-state index >= 15 is 0 Å². The van der Waals surface area contributed by atoms with Crippen LogP contribution in [0.4, 0.5) is 10.5 Å². The van der Waals surface area contributed by atoms with Gasteiger partial charge in [-0.05, 0) is 37.5 Å². The molecular weight excluding hydrogens is 292 g/mol. The number of rotatable bonds is 1. The zero-order valence-corrected chi connectivity index (χ0v) is 12.3. The largest absolute Gasteiger partial charge is 0.348 e. The number of amides is 3. The summed E-state index contributed by atoms with van der Waals surface area (Å²) in [5, 5.41) is 5.86. The Morgan fingerprint density at radius 3 is 3.10 bits per heavy atom. The fourth-order valence-electron chi connectivity index (χ4n) is 2.57. The molecule has 6 nitrogen and oxygen atoms in total. The molecule has 1 aromatic rings. The summed E-state index contributed by atoms with van der Waals surface area (Å²) in [5.74, 6) is 0.246. The van der Waals surface area contributed by atoms with Crippen LogP contribution in [0.3, 0.4) is 0 Å². The number of carbonyl (C=O) groups is 2. The summed E-state index contributed by atoms with van der Waals surface area (Å²) < 4.78 is 0. The number of urea groups is 1. The summed E-state index contributed by atoms with van der Waals surface area (Å²) in [7, 11) is 0. The SMILES string of the molecule is Cc1ccc(NC(=O)N=C2NC(=O)C3CCCN23)cc1Cl. The van der Waals surface area contributed by atoms with Crippen molar-refractivity contribution in [3.63, 3.8) is 0 Å². The Hall–Kier alpha value is -2.08. The van der Waals surface area contributed by atoms with Crippen LogP contribution in [0.1, 0.15) is 18.4 Å². The highest BCUT2D eigenvalue weighted by Crippen LogP contribution is 2.22. The molecule has 7 heteroatoms. The van der Waals surface area contributed by atoms with Gasteiger partial charge in [-0.2, -0.15) is 4.99 Å². The van der Waals surface area contributed by atoms with Crippen molar-refractivity contribution in [2.75, 3.05) is 11.9 Å². The molecule has 0 aliphatic carbocycles. The van der Waals surface area contributed by atoms with Crippen molar-refractivity contribution in [3.8, 4) is 0 Å². The van der Waals surface area contributed by atoms with E-state index in [-0.39, 0.29) is 11.9 Å². The van der Waals surface area contributed by atoms with E-state index in [0.29, 0.717) is 16.7 Å². The molecule has 3 rings (SSSR count). The summed E-state index contributed by atoms with van der Waals surface area (Å²) in [6.45, 7) is 2.63. The van der Waals surface area contributed by atoms with Gasteiger partial charge < -0.3 is 10.2 Å². The Labute approximate surface area is 127 Å². The summed E-state index contributed by atoms with van der Waals surface area (Å²) in [5.41, 5.74) is 1.51. The number of benzene rings is 1. The Morgan fingerprint density at radius 1 is 1.52 bits per heavy atom. The zero-order valence-electron chi connectivity index (χ0n) is 11.5. The highest BCUT2D eigenvalue weighted by molar-refractivity contribution is 6.31. The van der Waals surface area contributed by atoms with Gasteiger partial charge in [-0.1, -0.05) is 17.7 Å². The molecule has 2 N–H and O–H groups in total. The molecule has 1 aromatic carbocycles. The molecule has 0 radical (unpaired) electrons. The van der Waals surface area contributed by atoms with Crippen LogP contribution in [0.2, 0.25) is 5.02 Å². The van der Waals surface area contributed by atoms with Crippen molar-refractivity contribution in [1.29, 1.82) is 0 Å². The average Bonchev–Trinajstić information content (AvgIpc) is 3.00. The van der Waals surface area contributed by atoms with E-state index in [4.69, 9.17) is 11.6 Å². The Balaban J connectivity index is 1.72. The number of nitrogens with one attached hydrogen (secondary N) is 2. The van der Waals surface area contributed by atoms with Gasteiger partial charge in [0.1, 0.15) is 6.04 Å². The molecule has 0 saturated carbocycles. The standard InChI is InChI=1S/C14H15ClN4O2/c1-8-4-5-9(7-10(8)15)16-14(21)18-13-17-12(20)11-3-2-6-19(11)13/h4-5,7,11H,2-3,6H2,1H3,(H2,16,17,18,20,21). The van der Waals surface area contributed by atoms with Crippen LogP contribution in [0.5, 0.6) is 0 Å². The Kier molecular flexibility index (Phi) is 3.55. The molecule has 3 amide bonds. The van der Waals surface area contributed by atoms with Crippen LogP contribution in [-0.2, 0) is 4.79 Å². The van der Waals surface area contributed by atoms with E-state index in [9.17, 15) is 9.59 Å². The van der Waals surface area contributed by atoms with Gasteiger partial charge in [0, 0.05) is 17.3 Å². The smallest absolute Gasteiger partial charge is 0.330 e. The Morgan fingerprint density at radius 2 is 2.33 bits per heavy atom. The van der Waals surface area contributed by atoms with Gasteiger partial charge in [0.25, 0.3) is 0 Å². The quantitative estimate of drug-likeness (QED) is 0.834. The first-order valence-electron chi connectivity index (χ1n) is 6.78. The number of halogens is 1. The van der Waals surface area contributed by atoms with E-state index in [0.717, 1.165) is 24.9 Å². The molecular formula is C14H15ClN4O2. The van der Waals surface area contributed by atoms with Gasteiger partial charge in [0.2, 0.25) is 11.9 Å². The molecule has 1 unspecified atom stereocenters. The van der Waals surface area contributed by atoms with Crippen molar-refractivity contribution in [3.05, 3.63) is 28.8 Å². The predicted molar refractivity (Wildman–Crippen MR) is 80.5 cm³/mol. The average molecular weight is 307 g/mol. The third-order valence-corrected chi connectivity index (χ3v) is 4.10. The third-order valence-electron chi connectivity index (χ3n) is 3.69. The van der Waals surface area contributed by atoms with Crippen molar-refractivity contribution >= 4 is 35.2 Å². The zero-order chi connectivity index (χ0) is 15.0. The van der Waals surface area contributed by atoms with Gasteiger partial charge in [0.15, 0.2) is 0 Å². The van der Waals surface area contributed by atoms with E-state index in [1.165, 1.54) is 0 Å². The lowest BCUT2D eigenvalue weighted by molar-refractivity contribution is -0.120. The molecule has 0 spiro atoms. The molecule has 2 aliphatic heterocycles. The highest BCUT2D eigenvalue weighted by Gasteiger charge is 2.40. The van der Waals surface area contributed by atoms with Gasteiger partial charge in [-0.15, -0.1) is 0 Å². The lowest BCUT2D eigenvalue weighted by atomic mass is 10.2. The molecule has 21 heavy (non-hydrogen) atoms. The number of aliphatic imine (C=N–C) groups is 1. The third kappa shape index (κ3) is 2.71. The maximum absolute atomic E-state index is 11.9. The second-order valence-electron chi connectivity index (χ2n) is 5.17. The number of hydrogen-bond acceptors (Lipinski definition) is 2. The van der Waals surface area contributed by atoms with Crippen LogP contribution in [0.25, 0.3) is 0 Å². The monoisotopic (exact) mass is 306 g/mol. The molecule has 2 fully saturated rings. The maximum Gasteiger partial charge on any atom is 0.348 e. The van der Waals surface area contributed by atoms with E-state index in [2.05, 4.69) is 15.6 Å². The highest BCUT2D eigenvalue weighted by atomic mass is 35.5. The first-order valence-corrected chi connectivity index (χ1v) is 7.16. The lowest BCUT2D eigenvalue weighted by Crippen LogP contribution is -2.32. The minimum Gasteiger partial charge on any atom is -0.330 e. The van der Waals surface area contributed by atoms with E-state index in [1.807, 2.05) is 17.9 Å². The van der Waals surface area contributed by atoms with Crippen molar-refractivity contribution in [1.82, 2.24) is 10.2 Å². The van der Waals surface area contributed by atoms with Gasteiger partial charge >= 0.3 is 6.03 Å². The number of carbonyl (C=O) groups excluding carboxylic acids is 2. The fraction of sp³-hybridized carbons (Fsp3) is 0.357. The van der Waals surface area contributed by atoms with Crippen LogP contribution in [0, 0.1) is 6.92 Å². The topological polar surface area (TPSA) is 73.8 Å². The van der Waals surface area contributed by atoms with Gasteiger partial charge in [0.05, 0.1) is 0 Å². The number of anilines is 1. The number of aryl methyl sites for hydroxylation is 1. The van der Waals surface area contributed by atoms with Crippen molar-refractivity contribution in [2.45, 2.75) is 25.8 Å². The summed E-state index contributed by atoms with van der Waals surface area (Å²) in [4.78, 5) is 29.4. The van der Waals surface area contributed by atoms with Crippen LogP contribution in [0.15, 0.2) is 23.2 Å². The normalized spacial score (nSPS) is 22.4. The molecule has 2 saturated heterocycles. The first kappa shape index (κ1) is 13.9. The van der Waals surface area contributed by atoms with Crippen molar-refractivity contribution in [2.24, 2.45) is 4.99 Å². The second kappa shape index (κ2) is 5.37. The fourth-order valence-corrected chi connectivity index (χ4v) is 2.75. The lowest BCUT2D eigenvalue weighted by Gasteiger charge is -2.14. The maximum atomic E-state index is 11.9. The molecule has 1 atom stereocenters. The summed E-state index contributed by atoms with van der Waals surface area (Å²) >= 11 is 6.01. The van der Waals surface area contributed by atoms with Crippen LogP contribution < -0.4 is 10.6 Å². The van der Waals surface area contributed by atoms with Crippen LogP contribution in [-0.4, -0.2) is 35.4 Å². The minimum atomic E-state index is -0.530. The molecule has 0 bridgehead atoms. The second-order valence-corrected chi connectivity index (χ2v) is 5.58. The summed E-state index contributed by atoms with van der Waals surface area (Å²) in [6.07, 6.45) is 1.74. The minimum absolute atomic E-state index is 0.0857. The van der Waals surface area contributed by atoms with Gasteiger partial charge in [-0.3, -0.25) is 10.1 Å². The molecule has 0 aromatic heterocycles. The van der Waals surface area contributed by atoms with E-state index < -0.39 is 6.03 Å². The molecule has 2 heterocycles. The molecule has 110 valence electrons. The Bertz CT molecular complexity index is 644. The van der Waals surface area contributed by atoms with Crippen molar-refractivity contribution < 1.29 is 9.59 Å². The number of guanidine groups is 1. The van der Waals surface area contributed by atoms with Gasteiger partial charge in [-0.25, -0.2) is 4.79 Å². The predicted octanol–water partition coefficient (Wildman–Crippen LogP) is 2.13. The van der Waals surface area contributed by atoms with E-state index in [1.54, 1.807) is 12.1 Å².